The van der Waals surface area contributed by atoms with Crippen LogP contribution in [-0.4, -0.2) is 19.7 Å². The predicted molar refractivity (Wildman–Crippen MR) is 56.9 cm³/mol. The second-order valence-electron chi connectivity index (χ2n) is 3.18. The Morgan fingerprint density at radius 2 is 2.13 bits per heavy atom. The number of aromatic nitrogens is 1. The smallest absolute Gasteiger partial charge is 0.239 e. The number of aromatic amines is 1. The van der Waals surface area contributed by atoms with E-state index in [2.05, 4.69) is 4.98 Å². The number of hydrogen-bond donors (Lipinski definition) is 2. The van der Waals surface area contributed by atoms with Crippen LogP contribution in [0.2, 0.25) is 0 Å². The van der Waals surface area contributed by atoms with Gasteiger partial charge in [0.05, 0.1) is 6.26 Å². The van der Waals surface area contributed by atoms with Gasteiger partial charge in [-0.05, 0) is 28.5 Å². The summed E-state index contributed by atoms with van der Waals surface area (Å²) in [5.41, 5.74) is 0.891. The monoisotopic (exact) mass is 226 g/mol. The molecule has 1 aromatic carbocycles. The van der Waals surface area contributed by atoms with Crippen LogP contribution in [0.15, 0.2) is 30.5 Å². The van der Waals surface area contributed by atoms with Gasteiger partial charge in [0.15, 0.2) is 5.75 Å². The van der Waals surface area contributed by atoms with E-state index in [0.29, 0.717) is 5.75 Å². The first-order valence-electron chi connectivity index (χ1n) is 4.25. The topological polar surface area (TPSA) is 71.2 Å². The van der Waals surface area contributed by atoms with Crippen LogP contribution in [0.1, 0.15) is 0 Å². The van der Waals surface area contributed by atoms with Crippen LogP contribution in [0.3, 0.4) is 0 Å². The van der Waals surface area contributed by atoms with Crippen molar-refractivity contribution in [2.75, 3.05) is 6.26 Å². The molecule has 5 nitrogen and oxygen atoms in total. The number of benzene rings is 1. The third-order valence-corrected chi connectivity index (χ3v) is 2.22. The zero-order valence-corrected chi connectivity index (χ0v) is 8.84. The van der Waals surface area contributed by atoms with Crippen molar-refractivity contribution in [3.63, 3.8) is 0 Å². The van der Waals surface area contributed by atoms with Crippen molar-refractivity contribution in [2.24, 2.45) is 0 Å². The molecule has 0 unspecified atom stereocenters. The van der Waals surface area contributed by atoms with E-state index in [9.17, 15) is 8.42 Å². The van der Waals surface area contributed by atoms with E-state index in [1.54, 1.807) is 18.3 Å². The maximum Gasteiger partial charge on any atom is 0.239 e. The molecule has 1 heterocycles. The summed E-state index contributed by atoms with van der Waals surface area (Å²) < 4.78 is 21.5. The third-order valence-electron chi connectivity index (χ3n) is 1.84. The van der Waals surface area contributed by atoms with E-state index in [0.717, 1.165) is 17.2 Å². The Balaban J connectivity index is 2.21. The van der Waals surface area contributed by atoms with Gasteiger partial charge in [-0.2, -0.15) is 0 Å². The second-order valence-corrected chi connectivity index (χ2v) is 4.90. The van der Waals surface area contributed by atoms with Gasteiger partial charge >= 0.3 is 0 Å². The van der Waals surface area contributed by atoms with Crippen molar-refractivity contribution in [3.8, 4) is 5.75 Å². The maximum atomic E-state index is 10.8. The quantitative estimate of drug-likeness (QED) is 0.767. The Bertz CT molecular complexity index is 574. The molecule has 6 heteroatoms. The first-order chi connectivity index (χ1) is 7.04. The fraction of sp³-hybridized carbons (Fsp3) is 0.111. The van der Waals surface area contributed by atoms with Gasteiger partial charge in [0, 0.05) is 17.8 Å². The average Bonchev–Trinajstić information content (AvgIpc) is 2.60. The molecule has 0 aliphatic heterocycles. The van der Waals surface area contributed by atoms with E-state index in [-0.39, 0.29) is 0 Å². The third kappa shape index (κ3) is 2.48. The summed E-state index contributed by atoms with van der Waals surface area (Å²) in [4.78, 5) is 9.84. The molecule has 15 heavy (non-hydrogen) atoms. The van der Waals surface area contributed by atoms with Gasteiger partial charge in [0.2, 0.25) is 10.0 Å². The van der Waals surface area contributed by atoms with E-state index in [1.165, 1.54) is 0 Å². The Morgan fingerprint density at radius 3 is 2.87 bits per heavy atom. The zero-order valence-electron chi connectivity index (χ0n) is 8.02. The van der Waals surface area contributed by atoms with Crippen molar-refractivity contribution in [1.82, 2.24) is 9.87 Å². The molecule has 0 saturated heterocycles. The summed E-state index contributed by atoms with van der Waals surface area (Å²) in [6.45, 7) is 0. The molecule has 80 valence electrons. The zero-order chi connectivity index (χ0) is 10.9. The molecule has 0 radical (unpaired) electrons. The van der Waals surface area contributed by atoms with E-state index in [4.69, 9.17) is 4.84 Å². The summed E-state index contributed by atoms with van der Waals surface area (Å²) in [6.07, 6.45) is 2.83. The number of hydrogen-bond acceptors (Lipinski definition) is 3. The van der Waals surface area contributed by atoms with E-state index < -0.39 is 10.0 Å². The van der Waals surface area contributed by atoms with Crippen LogP contribution in [0.25, 0.3) is 10.9 Å². The minimum absolute atomic E-state index is 0.440. The Kier molecular flexibility index (Phi) is 2.37. The van der Waals surface area contributed by atoms with Gasteiger partial charge in [0.1, 0.15) is 0 Å². The van der Waals surface area contributed by atoms with E-state index in [1.807, 2.05) is 17.0 Å². The highest BCUT2D eigenvalue weighted by molar-refractivity contribution is 7.88. The molecule has 1 aromatic heterocycles. The highest BCUT2D eigenvalue weighted by Gasteiger charge is 2.02. The Labute approximate surface area is 87.1 Å². The van der Waals surface area contributed by atoms with Crippen LogP contribution < -0.4 is 9.72 Å². The normalized spacial score (nSPS) is 11.8. The molecular weight excluding hydrogens is 216 g/mol. The first kappa shape index (κ1) is 10.0. The van der Waals surface area contributed by atoms with Crippen LogP contribution in [0, 0.1) is 0 Å². The largest absolute Gasteiger partial charge is 0.394 e. The minimum Gasteiger partial charge on any atom is -0.394 e. The maximum absolute atomic E-state index is 10.8. The summed E-state index contributed by atoms with van der Waals surface area (Å²) >= 11 is 0. The summed E-state index contributed by atoms with van der Waals surface area (Å²) in [5.74, 6) is 0.440. The van der Waals surface area contributed by atoms with Crippen LogP contribution in [-0.2, 0) is 10.0 Å². The van der Waals surface area contributed by atoms with Crippen molar-refractivity contribution < 1.29 is 13.3 Å². The van der Waals surface area contributed by atoms with Gasteiger partial charge in [-0.3, -0.25) is 0 Å². The molecule has 0 saturated carbocycles. The minimum atomic E-state index is -3.34. The molecule has 0 amide bonds. The molecule has 0 fully saturated rings. The predicted octanol–water partition coefficient (Wildman–Crippen LogP) is 1.01. The van der Waals surface area contributed by atoms with E-state index >= 15 is 0 Å². The second kappa shape index (κ2) is 3.56. The van der Waals surface area contributed by atoms with Crippen LogP contribution >= 0.6 is 0 Å². The van der Waals surface area contributed by atoms with Crippen LogP contribution in [0.5, 0.6) is 5.75 Å². The number of fused-ring (bicyclic) bond motifs is 1. The first-order valence-corrected chi connectivity index (χ1v) is 6.14. The molecule has 2 rings (SSSR count). The van der Waals surface area contributed by atoms with Crippen molar-refractivity contribution in [2.45, 2.75) is 0 Å². The number of rotatable bonds is 3. The molecule has 0 atom stereocenters. The van der Waals surface area contributed by atoms with Crippen molar-refractivity contribution in [3.05, 3.63) is 30.5 Å². The summed E-state index contributed by atoms with van der Waals surface area (Å²) in [5, 5.41) is 1.04. The lowest BCUT2D eigenvalue weighted by molar-refractivity contribution is 0.270. The fourth-order valence-electron chi connectivity index (χ4n) is 1.21. The van der Waals surface area contributed by atoms with Gasteiger partial charge in [-0.15, -0.1) is 0 Å². The molecule has 0 spiro atoms. The SMILES string of the molecule is CS(=O)(=O)NOc1ccc2cc[nH]c2c1. The molecule has 2 aromatic rings. The summed E-state index contributed by atoms with van der Waals surface area (Å²) in [7, 11) is -3.34. The van der Waals surface area contributed by atoms with Gasteiger partial charge in [-0.1, -0.05) is 0 Å². The standard InChI is InChI=1S/C9H10N2O3S/c1-15(12,13)11-14-8-3-2-7-4-5-10-9(7)6-8/h2-6,10-11H,1H3. The molecule has 2 N–H and O–H groups in total. The lowest BCUT2D eigenvalue weighted by Gasteiger charge is -2.04. The highest BCUT2D eigenvalue weighted by Crippen LogP contribution is 2.18. The lowest BCUT2D eigenvalue weighted by atomic mass is 10.2. The highest BCUT2D eigenvalue weighted by atomic mass is 32.2. The van der Waals surface area contributed by atoms with Gasteiger partial charge in [0.25, 0.3) is 0 Å². The molecule has 0 aliphatic rings. The number of sulfonamides is 1. The number of nitrogens with one attached hydrogen (secondary N) is 2. The van der Waals surface area contributed by atoms with Gasteiger partial charge < -0.3 is 9.82 Å². The van der Waals surface area contributed by atoms with Crippen molar-refractivity contribution >= 4 is 20.9 Å². The molecule has 0 bridgehead atoms. The lowest BCUT2D eigenvalue weighted by Crippen LogP contribution is -2.25. The molecular formula is C9H10N2O3S. The summed E-state index contributed by atoms with van der Waals surface area (Å²) in [6, 6.07) is 7.16. The fourth-order valence-corrected chi connectivity index (χ4v) is 1.46. The molecule has 0 aliphatic carbocycles. The Morgan fingerprint density at radius 1 is 1.33 bits per heavy atom. The average molecular weight is 226 g/mol. The van der Waals surface area contributed by atoms with Crippen LogP contribution in [0.4, 0.5) is 0 Å². The van der Waals surface area contributed by atoms with Crippen molar-refractivity contribution in [1.29, 1.82) is 0 Å². The number of H-pyrrole nitrogens is 1. The van der Waals surface area contributed by atoms with Gasteiger partial charge in [-0.25, -0.2) is 8.42 Å². The Hall–Kier alpha value is -1.53.